The molecule has 3 saturated carbocycles. The van der Waals surface area contributed by atoms with Gasteiger partial charge >= 0.3 is 13.1 Å². The predicted octanol–water partition coefficient (Wildman–Crippen LogP) is 2.32. The quantitative estimate of drug-likeness (QED) is 0.340. The highest BCUT2D eigenvalue weighted by Crippen LogP contribution is 2.69. The molecule has 0 amide bonds. The number of carbonyl (C=O) groups excluding carboxylic acids is 1. The smallest absolute Gasteiger partial charge is 0.478 e. The highest BCUT2D eigenvalue weighted by atomic mass is 16.5. The second-order valence-corrected chi connectivity index (χ2v) is 12.7. The van der Waals surface area contributed by atoms with Gasteiger partial charge in [0.05, 0.1) is 12.7 Å². The fourth-order valence-corrected chi connectivity index (χ4v) is 8.62. The molecule has 4 N–H and O–H groups in total. The third-order valence-electron chi connectivity index (χ3n) is 11.1. The molecule has 38 heavy (non-hydrogen) atoms. The second kappa shape index (κ2) is 9.19. The monoisotopic (exact) mass is 526 g/mol. The van der Waals surface area contributed by atoms with Crippen LogP contribution in [0.1, 0.15) is 58.9 Å². The minimum absolute atomic E-state index is 0.0305. The van der Waals surface area contributed by atoms with Crippen molar-refractivity contribution >= 4 is 24.3 Å². The van der Waals surface area contributed by atoms with Crippen LogP contribution in [0, 0.1) is 39.9 Å². The Morgan fingerprint density at radius 3 is 2.63 bits per heavy atom. The van der Waals surface area contributed by atoms with Crippen LogP contribution in [-0.4, -0.2) is 57.5 Å². The van der Waals surface area contributed by atoms with Crippen LogP contribution in [0.25, 0.3) is 0 Å². The van der Waals surface area contributed by atoms with Crippen molar-refractivity contribution in [2.45, 2.75) is 78.3 Å². The molecule has 5 rings (SSSR count). The van der Waals surface area contributed by atoms with E-state index in [4.69, 9.17) is 9.39 Å². The Morgan fingerprint density at radius 2 is 1.97 bits per heavy atom. The average Bonchev–Trinajstić information content (AvgIpc) is 3.38. The minimum atomic E-state index is -1.35. The highest BCUT2D eigenvalue weighted by Gasteiger charge is 2.70. The van der Waals surface area contributed by atoms with Gasteiger partial charge in [0.2, 0.25) is 0 Å². The summed E-state index contributed by atoms with van der Waals surface area (Å²) in [4.78, 5) is 26.7. The molecule has 0 aromatic heterocycles. The zero-order chi connectivity index (χ0) is 27.8. The third kappa shape index (κ3) is 3.73. The van der Waals surface area contributed by atoms with Gasteiger partial charge in [-0.2, -0.15) is 0 Å². The number of carbonyl (C=O) groups is 2. The predicted molar refractivity (Wildman–Crippen MR) is 141 cm³/mol. The molecular formula is C29H39BO8. The summed E-state index contributed by atoms with van der Waals surface area (Å²) < 4.78 is 11.5. The lowest BCUT2D eigenvalue weighted by Gasteiger charge is -2.62. The van der Waals surface area contributed by atoms with E-state index in [1.54, 1.807) is 24.3 Å². The lowest BCUT2D eigenvalue weighted by Crippen LogP contribution is -2.63. The second-order valence-electron chi connectivity index (χ2n) is 12.7. The van der Waals surface area contributed by atoms with Crippen LogP contribution in [0.3, 0.4) is 0 Å². The van der Waals surface area contributed by atoms with Crippen molar-refractivity contribution in [3.63, 3.8) is 0 Å². The van der Waals surface area contributed by atoms with Crippen molar-refractivity contribution in [3.05, 3.63) is 36.4 Å². The van der Waals surface area contributed by atoms with Crippen molar-refractivity contribution in [3.8, 4) is 5.75 Å². The van der Waals surface area contributed by atoms with Crippen LogP contribution in [0.2, 0.25) is 0 Å². The summed E-state index contributed by atoms with van der Waals surface area (Å²) in [6.45, 7) is 12.2. The molecule has 1 heterocycles. The van der Waals surface area contributed by atoms with E-state index in [2.05, 4.69) is 13.5 Å². The van der Waals surface area contributed by atoms with Crippen molar-refractivity contribution in [2.24, 2.45) is 39.9 Å². The Kier molecular flexibility index (Phi) is 6.62. The van der Waals surface area contributed by atoms with Crippen LogP contribution >= 0.6 is 0 Å². The van der Waals surface area contributed by atoms with Crippen LogP contribution in [0.4, 0.5) is 0 Å². The SMILES string of the molecule is C=C[C@]1(C)C[C@@H](C(Oc2ccc3c(c2)B(O)OC3)C(=O)O)[C@@]2(C)[C@H](C)CC[C@]3(CC(O)C(=O)[C@H]32)[C@@H](C)[C@@H]1O. The van der Waals surface area contributed by atoms with Gasteiger partial charge in [-0.15, -0.1) is 6.58 Å². The summed E-state index contributed by atoms with van der Waals surface area (Å²) >= 11 is 0. The van der Waals surface area contributed by atoms with Gasteiger partial charge in [-0.3, -0.25) is 4.79 Å². The van der Waals surface area contributed by atoms with Crippen molar-refractivity contribution in [1.82, 2.24) is 0 Å². The van der Waals surface area contributed by atoms with E-state index in [9.17, 15) is 29.9 Å². The van der Waals surface area contributed by atoms with Crippen LogP contribution in [0.15, 0.2) is 30.9 Å². The van der Waals surface area contributed by atoms with E-state index < -0.39 is 59.5 Å². The number of benzene rings is 1. The first-order valence-corrected chi connectivity index (χ1v) is 13.7. The summed E-state index contributed by atoms with van der Waals surface area (Å²) in [5.41, 5.74) is -0.987. The van der Waals surface area contributed by atoms with Crippen molar-refractivity contribution in [2.75, 3.05) is 0 Å². The Balaban J connectivity index is 1.67. The molecule has 3 aliphatic carbocycles. The van der Waals surface area contributed by atoms with E-state index in [1.165, 1.54) is 0 Å². The highest BCUT2D eigenvalue weighted by molar-refractivity contribution is 6.61. The summed E-state index contributed by atoms with van der Waals surface area (Å²) in [5, 5.41) is 43.4. The number of aliphatic hydroxyl groups is 2. The molecule has 1 aliphatic heterocycles. The Bertz CT molecular complexity index is 1160. The number of ketones is 1. The number of hydrogen-bond acceptors (Lipinski definition) is 7. The molecular weight excluding hydrogens is 487 g/mol. The van der Waals surface area contributed by atoms with Gasteiger partial charge < -0.3 is 29.7 Å². The largest absolute Gasteiger partial charge is 0.491 e. The lowest BCUT2D eigenvalue weighted by atomic mass is 9.41. The van der Waals surface area contributed by atoms with Gasteiger partial charge in [-0.25, -0.2) is 4.79 Å². The zero-order valence-electron chi connectivity index (χ0n) is 22.6. The Labute approximate surface area is 224 Å². The molecule has 10 atom stereocenters. The molecule has 1 aromatic rings. The number of carboxylic acid groups (broad SMARTS) is 1. The van der Waals surface area contributed by atoms with Crippen molar-refractivity contribution < 1.29 is 39.3 Å². The first-order valence-electron chi connectivity index (χ1n) is 13.7. The molecule has 9 heteroatoms. The summed E-state index contributed by atoms with van der Waals surface area (Å²) in [7, 11) is -1.10. The molecule has 2 unspecified atom stereocenters. The molecule has 0 spiro atoms. The van der Waals surface area contributed by atoms with Crippen LogP contribution in [-0.2, 0) is 20.9 Å². The van der Waals surface area contributed by atoms with Gasteiger partial charge in [-0.05, 0) is 71.5 Å². The number of fused-ring (bicyclic) bond motifs is 1. The zero-order valence-corrected chi connectivity index (χ0v) is 22.6. The normalized spacial score (nSPS) is 43.0. The molecule has 0 saturated heterocycles. The molecule has 8 nitrogen and oxygen atoms in total. The van der Waals surface area contributed by atoms with E-state index in [0.29, 0.717) is 11.9 Å². The number of hydrogen-bond donors (Lipinski definition) is 4. The standard InChI is InChI=1S/C29H39BO8/c1-6-27(4)12-19(23(26(34)35)38-18-8-7-17-14-37-30(36)20(17)11-18)28(5)15(2)9-10-29(16(3)25(27)33)13-21(31)22(32)24(28)29/h6-8,11,15-16,19,21,23-25,31,33,36H,1,9-10,12-14H2,2-5H3,(H,34,35)/t15-,16+,19+,21?,23?,24+,25+,27-,28-,29+/m1/s1. The number of aliphatic carboxylic acids is 1. The number of Topliss-reactive ketones (excluding diaryl/α,β-unsaturated/α-hetero) is 1. The maximum Gasteiger partial charge on any atom is 0.491 e. The van der Waals surface area contributed by atoms with Crippen LogP contribution < -0.4 is 10.2 Å². The maximum absolute atomic E-state index is 13.7. The number of carboxylic acids is 1. The molecule has 4 aliphatic rings. The average molecular weight is 526 g/mol. The number of ether oxygens (including phenoxy) is 1. The van der Waals surface area contributed by atoms with E-state index >= 15 is 0 Å². The van der Waals surface area contributed by atoms with Gasteiger partial charge in [0, 0.05) is 17.3 Å². The van der Waals surface area contributed by atoms with Crippen molar-refractivity contribution in [1.29, 1.82) is 0 Å². The minimum Gasteiger partial charge on any atom is -0.478 e. The summed E-state index contributed by atoms with van der Waals surface area (Å²) in [6, 6.07) is 5.03. The van der Waals surface area contributed by atoms with Gasteiger partial charge in [0.25, 0.3) is 0 Å². The lowest BCUT2D eigenvalue weighted by molar-refractivity contribution is -0.193. The molecule has 1 aromatic carbocycles. The van der Waals surface area contributed by atoms with E-state index in [-0.39, 0.29) is 42.8 Å². The fourth-order valence-electron chi connectivity index (χ4n) is 8.62. The van der Waals surface area contributed by atoms with E-state index in [0.717, 1.165) is 12.0 Å². The first kappa shape index (κ1) is 27.4. The van der Waals surface area contributed by atoms with Gasteiger partial charge in [-0.1, -0.05) is 39.8 Å². The first-order chi connectivity index (χ1) is 17.8. The summed E-state index contributed by atoms with van der Waals surface area (Å²) in [5.74, 6) is -2.77. The molecule has 2 bridgehead atoms. The number of rotatable bonds is 5. The molecule has 0 radical (unpaired) electrons. The summed E-state index contributed by atoms with van der Waals surface area (Å²) in [6.07, 6.45) is 0.262. The van der Waals surface area contributed by atoms with Crippen LogP contribution in [0.5, 0.6) is 5.75 Å². The van der Waals surface area contributed by atoms with Gasteiger partial charge in [0.15, 0.2) is 11.9 Å². The topological polar surface area (TPSA) is 134 Å². The van der Waals surface area contributed by atoms with Gasteiger partial charge in [0.1, 0.15) is 11.9 Å². The molecule has 206 valence electrons. The maximum atomic E-state index is 13.7. The Morgan fingerprint density at radius 1 is 1.26 bits per heavy atom. The fraction of sp³-hybridized carbons (Fsp3) is 0.655. The number of aliphatic hydroxyl groups excluding tert-OH is 2. The van der Waals surface area contributed by atoms with E-state index in [1.807, 2.05) is 20.8 Å². The molecule has 3 fully saturated rings. The Hall–Kier alpha value is -2.20. The third-order valence-corrected chi connectivity index (χ3v) is 11.1.